The largest absolute Gasteiger partial charge is 0.368 e. The minimum Gasteiger partial charge on any atom is -0.368 e. The molecular weight excluding hydrogens is 256 g/mol. The maximum Gasteiger partial charge on any atom is 0.0468 e. The van der Waals surface area contributed by atoms with E-state index in [1.165, 1.54) is 22.0 Å². The van der Waals surface area contributed by atoms with E-state index in [4.69, 9.17) is 0 Å². The van der Waals surface area contributed by atoms with Gasteiger partial charge in [0, 0.05) is 34.3 Å². The smallest absolute Gasteiger partial charge is 0.0468 e. The minimum absolute atomic E-state index is 0.313. The predicted octanol–water partition coefficient (Wildman–Crippen LogP) is 4.38. The summed E-state index contributed by atoms with van der Waals surface area (Å²) in [6.07, 6.45) is 19.1. The zero-order valence-corrected chi connectivity index (χ0v) is 11.6. The fourth-order valence-corrected chi connectivity index (χ4v) is 2.88. The molecule has 1 unspecified atom stereocenters. The lowest BCUT2D eigenvalue weighted by Gasteiger charge is -2.13. The van der Waals surface area contributed by atoms with Crippen molar-refractivity contribution in [1.29, 1.82) is 0 Å². The van der Waals surface area contributed by atoms with Crippen molar-refractivity contribution in [2.24, 2.45) is 5.92 Å². The Morgan fingerprint density at radius 1 is 0.905 bits per heavy atom. The number of fused-ring (bicyclic) bond motifs is 4. The van der Waals surface area contributed by atoms with Crippen LogP contribution < -0.4 is 5.32 Å². The van der Waals surface area contributed by atoms with Gasteiger partial charge in [0.2, 0.25) is 0 Å². The topological polar surface area (TPSA) is 27.8 Å². The molecule has 1 aliphatic carbocycles. The van der Waals surface area contributed by atoms with Gasteiger partial charge in [-0.15, -0.1) is 0 Å². The number of para-hydroxylation sites is 1. The molecular formula is C19H16N2. The zero-order chi connectivity index (χ0) is 14.1. The van der Waals surface area contributed by atoms with Crippen LogP contribution in [0.25, 0.3) is 23.1 Å². The Bertz CT molecular complexity index is 828. The van der Waals surface area contributed by atoms with E-state index < -0.39 is 0 Å². The fourth-order valence-electron chi connectivity index (χ4n) is 2.88. The molecule has 0 fully saturated rings. The second-order valence-corrected chi connectivity index (χ2v) is 5.27. The Morgan fingerprint density at radius 2 is 1.86 bits per heavy atom. The summed E-state index contributed by atoms with van der Waals surface area (Å²) in [5.41, 5.74) is 4.84. The summed E-state index contributed by atoms with van der Waals surface area (Å²) in [7, 11) is 0. The molecule has 2 heterocycles. The van der Waals surface area contributed by atoms with Crippen LogP contribution in [0.3, 0.4) is 0 Å². The van der Waals surface area contributed by atoms with Gasteiger partial charge < -0.3 is 10.3 Å². The number of aromatic nitrogens is 1. The first-order valence-electron chi connectivity index (χ1n) is 7.18. The van der Waals surface area contributed by atoms with E-state index in [2.05, 4.69) is 77.1 Å². The van der Waals surface area contributed by atoms with Crippen molar-refractivity contribution in [1.82, 2.24) is 10.3 Å². The van der Waals surface area contributed by atoms with Crippen LogP contribution in [-0.4, -0.2) is 4.98 Å². The third-order valence-corrected chi connectivity index (χ3v) is 3.94. The monoisotopic (exact) mass is 272 g/mol. The summed E-state index contributed by atoms with van der Waals surface area (Å²) in [6.45, 7) is 0. The van der Waals surface area contributed by atoms with Crippen LogP contribution in [0.2, 0.25) is 0 Å². The first-order chi connectivity index (χ1) is 10.4. The average molecular weight is 272 g/mol. The molecule has 2 N–H and O–H groups in total. The van der Waals surface area contributed by atoms with Gasteiger partial charge in [-0.05, 0) is 30.0 Å². The molecule has 2 aromatic rings. The van der Waals surface area contributed by atoms with Gasteiger partial charge >= 0.3 is 0 Å². The van der Waals surface area contributed by atoms with Gasteiger partial charge in [-0.2, -0.15) is 0 Å². The predicted molar refractivity (Wildman–Crippen MR) is 89.4 cm³/mol. The Labute approximate surface area is 123 Å². The summed E-state index contributed by atoms with van der Waals surface area (Å²) in [4.78, 5) is 3.53. The van der Waals surface area contributed by atoms with Crippen LogP contribution >= 0.6 is 0 Å². The summed E-state index contributed by atoms with van der Waals surface area (Å²) in [5.74, 6) is 0.313. The maximum atomic E-state index is 3.53. The molecule has 2 heteroatoms. The van der Waals surface area contributed by atoms with Gasteiger partial charge in [-0.1, -0.05) is 48.6 Å². The van der Waals surface area contributed by atoms with Crippen LogP contribution in [0.5, 0.6) is 0 Å². The highest BCUT2D eigenvalue weighted by molar-refractivity contribution is 5.93. The molecule has 21 heavy (non-hydrogen) atoms. The number of allylic oxidation sites excluding steroid dienone is 6. The van der Waals surface area contributed by atoms with E-state index in [-0.39, 0.29) is 0 Å². The van der Waals surface area contributed by atoms with Crippen LogP contribution in [0, 0.1) is 5.92 Å². The lowest BCUT2D eigenvalue weighted by Crippen LogP contribution is -2.02. The number of nitrogens with one attached hydrogen (secondary N) is 2. The van der Waals surface area contributed by atoms with Gasteiger partial charge in [0.25, 0.3) is 0 Å². The summed E-state index contributed by atoms with van der Waals surface area (Å²) in [6, 6.07) is 8.42. The molecule has 4 rings (SSSR count). The Kier molecular flexibility index (Phi) is 2.86. The number of hydrogen-bond acceptors (Lipinski definition) is 1. The SMILES string of the molecule is C1=CC2=Cc3[nH]c4ccccc4c3C=CNC=CC2C=C1. The van der Waals surface area contributed by atoms with Crippen molar-refractivity contribution >= 4 is 23.1 Å². The minimum atomic E-state index is 0.313. The lowest BCUT2D eigenvalue weighted by atomic mass is 9.93. The number of aromatic amines is 1. The Balaban J connectivity index is 1.95. The van der Waals surface area contributed by atoms with Crippen LogP contribution in [0.4, 0.5) is 0 Å². The highest BCUT2D eigenvalue weighted by Gasteiger charge is 2.12. The molecule has 0 spiro atoms. The van der Waals surface area contributed by atoms with Gasteiger partial charge in [-0.3, -0.25) is 0 Å². The van der Waals surface area contributed by atoms with Crippen molar-refractivity contribution in [3.8, 4) is 0 Å². The maximum absolute atomic E-state index is 3.53. The quantitative estimate of drug-likeness (QED) is 0.731. The summed E-state index contributed by atoms with van der Waals surface area (Å²) >= 11 is 0. The molecule has 102 valence electrons. The average Bonchev–Trinajstić information content (AvgIpc) is 2.87. The standard InChI is InChI=1S/C19H16N2/c1-2-6-15-13-19-17(10-12-20-11-9-14(15)5-1)16-7-3-4-8-18(16)21-19/h1-14,20-21H. The molecule has 1 aliphatic heterocycles. The number of hydrogen-bond donors (Lipinski definition) is 2. The van der Waals surface area contributed by atoms with E-state index in [1.807, 2.05) is 12.4 Å². The summed E-state index contributed by atoms with van der Waals surface area (Å²) < 4.78 is 0. The Morgan fingerprint density at radius 3 is 2.86 bits per heavy atom. The van der Waals surface area contributed by atoms with Crippen LogP contribution in [0.1, 0.15) is 11.3 Å². The first-order valence-corrected chi connectivity index (χ1v) is 7.18. The van der Waals surface area contributed by atoms with Crippen molar-refractivity contribution in [3.05, 3.63) is 83.9 Å². The normalized spacial score (nSPS) is 19.8. The van der Waals surface area contributed by atoms with E-state index >= 15 is 0 Å². The number of rotatable bonds is 0. The van der Waals surface area contributed by atoms with E-state index in [0.29, 0.717) is 5.92 Å². The second kappa shape index (κ2) is 4.98. The molecule has 0 radical (unpaired) electrons. The third kappa shape index (κ3) is 2.15. The van der Waals surface area contributed by atoms with E-state index in [1.54, 1.807) is 0 Å². The van der Waals surface area contributed by atoms with Crippen LogP contribution in [0.15, 0.2) is 72.6 Å². The van der Waals surface area contributed by atoms with Gasteiger partial charge in [0.05, 0.1) is 0 Å². The van der Waals surface area contributed by atoms with Gasteiger partial charge in [-0.25, -0.2) is 0 Å². The molecule has 1 aromatic carbocycles. The fraction of sp³-hybridized carbons (Fsp3) is 0.0526. The van der Waals surface area contributed by atoms with Crippen molar-refractivity contribution in [3.63, 3.8) is 0 Å². The highest BCUT2D eigenvalue weighted by atomic mass is 14.8. The molecule has 0 saturated carbocycles. The number of H-pyrrole nitrogens is 1. The van der Waals surface area contributed by atoms with Crippen molar-refractivity contribution in [2.45, 2.75) is 0 Å². The lowest BCUT2D eigenvalue weighted by molar-refractivity contribution is 0.983. The molecule has 2 nitrogen and oxygen atoms in total. The van der Waals surface area contributed by atoms with E-state index in [9.17, 15) is 0 Å². The molecule has 2 aliphatic rings. The third-order valence-electron chi connectivity index (χ3n) is 3.94. The van der Waals surface area contributed by atoms with Crippen LogP contribution in [-0.2, 0) is 0 Å². The first kappa shape index (κ1) is 12.0. The summed E-state index contributed by atoms with van der Waals surface area (Å²) in [5, 5.41) is 4.47. The zero-order valence-electron chi connectivity index (χ0n) is 11.6. The molecule has 0 saturated heterocycles. The highest BCUT2D eigenvalue weighted by Crippen LogP contribution is 2.29. The van der Waals surface area contributed by atoms with Crippen molar-refractivity contribution < 1.29 is 0 Å². The molecule has 0 amide bonds. The van der Waals surface area contributed by atoms with Crippen molar-refractivity contribution in [2.75, 3.05) is 0 Å². The van der Waals surface area contributed by atoms with Gasteiger partial charge in [0.1, 0.15) is 0 Å². The molecule has 1 aromatic heterocycles. The molecule has 0 bridgehead atoms. The molecule has 1 atom stereocenters. The number of benzene rings is 1. The Hall–Kier alpha value is -2.74. The van der Waals surface area contributed by atoms with Gasteiger partial charge in [0.15, 0.2) is 0 Å². The van der Waals surface area contributed by atoms with E-state index in [0.717, 1.165) is 5.69 Å². The second-order valence-electron chi connectivity index (χ2n) is 5.27.